The summed E-state index contributed by atoms with van der Waals surface area (Å²) in [5.74, 6) is -0.861. The van der Waals surface area contributed by atoms with Crippen molar-refractivity contribution < 1.29 is 28.5 Å². The number of ether oxygens (including phenoxy) is 4. The molecule has 0 amide bonds. The van der Waals surface area contributed by atoms with Crippen LogP contribution in [0.3, 0.4) is 0 Å². The summed E-state index contributed by atoms with van der Waals surface area (Å²) in [7, 11) is 0. The molecule has 0 saturated heterocycles. The zero-order valence-corrected chi connectivity index (χ0v) is 11.0. The van der Waals surface area contributed by atoms with Crippen LogP contribution < -0.4 is 0 Å². The van der Waals surface area contributed by atoms with Gasteiger partial charge < -0.3 is 18.9 Å². The molecule has 1 aliphatic heterocycles. The van der Waals surface area contributed by atoms with E-state index in [1.54, 1.807) is 18.2 Å². The fourth-order valence-electron chi connectivity index (χ4n) is 1.52. The Morgan fingerprint density at radius 1 is 1.32 bits per heavy atom. The van der Waals surface area contributed by atoms with E-state index in [0.29, 0.717) is 6.61 Å². The zero-order chi connectivity index (χ0) is 14.3. The van der Waals surface area contributed by atoms with Gasteiger partial charge in [0.25, 0.3) is 0 Å². The van der Waals surface area contributed by atoms with E-state index in [4.69, 9.17) is 18.9 Å². The Morgan fingerprint density at radius 3 is 2.63 bits per heavy atom. The third-order valence-electron chi connectivity index (χ3n) is 2.26. The molecule has 0 aromatic carbocycles. The van der Waals surface area contributed by atoms with Crippen molar-refractivity contribution in [2.45, 2.75) is 32.3 Å². The normalized spacial score (nSPS) is 25.7. The fraction of sp³-hybridized carbons (Fsp3) is 0.538. The lowest BCUT2D eigenvalue weighted by molar-refractivity contribution is -0.194. The second-order valence-corrected chi connectivity index (χ2v) is 3.93. The Morgan fingerprint density at radius 2 is 2.05 bits per heavy atom. The minimum absolute atomic E-state index is 0.00836. The van der Waals surface area contributed by atoms with Crippen LogP contribution in [0.5, 0.6) is 0 Å². The number of carbonyl (C=O) groups is 2. The van der Waals surface area contributed by atoms with Crippen LogP contribution in [0.25, 0.3) is 0 Å². The van der Waals surface area contributed by atoms with Gasteiger partial charge in [-0.25, -0.2) is 0 Å². The van der Waals surface area contributed by atoms with Gasteiger partial charge in [-0.1, -0.05) is 6.08 Å². The molecule has 0 radical (unpaired) electrons. The molecule has 19 heavy (non-hydrogen) atoms. The summed E-state index contributed by atoms with van der Waals surface area (Å²) in [5.41, 5.74) is 0. The van der Waals surface area contributed by atoms with Gasteiger partial charge in [-0.2, -0.15) is 0 Å². The van der Waals surface area contributed by atoms with Crippen LogP contribution in [-0.4, -0.2) is 43.7 Å². The van der Waals surface area contributed by atoms with Crippen LogP contribution in [0.15, 0.2) is 24.8 Å². The van der Waals surface area contributed by atoms with Crippen molar-refractivity contribution in [1.82, 2.24) is 0 Å². The van der Waals surface area contributed by atoms with Crippen LogP contribution in [0.4, 0.5) is 0 Å². The highest BCUT2D eigenvalue weighted by atomic mass is 16.7. The summed E-state index contributed by atoms with van der Waals surface area (Å²) < 4.78 is 20.8. The van der Waals surface area contributed by atoms with Gasteiger partial charge in [0, 0.05) is 13.8 Å². The third-order valence-corrected chi connectivity index (χ3v) is 2.26. The first-order chi connectivity index (χ1) is 9.02. The van der Waals surface area contributed by atoms with Gasteiger partial charge in [-0.15, -0.1) is 6.58 Å². The van der Waals surface area contributed by atoms with E-state index < -0.39 is 30.4 Å². The third kappa shape index (κ3) is 5.67. The standard InChI is InChI=1S/C13H18O6/c1-4-7-16-13-6-5-11(18-10(3)15)12(19-13)8-17-9(2)14/h4-6,11-13H,1,7-8H2,2-3H3/t11-,12?,13+/m0/s1. The smallest absolute Gasteiger partial charge is 0.303 e. The quantitative estimate of drug-likeness (QED) is 0.529. The molecule has 106 valence electrons. The van der Waals surface area contributed by atoms with Crippen molar-refractivity contribution in [2.24, 2.45) is 0 Å². The zero-order valence-electron chi connectivity index (χ0n) is 11.0. The Balaban J connectivity index is 2.62. The lowest BCUT2D eigenvalue weighted by Crippen LogP contribution is -2.42. The highest BCUT2D eigenvalue weighted by molar-refractivity contribution is 5.66. The van der Waals surface area contributed by atoms with Crippen molar-refractivity contribution in [3.8, 4) is 0 Å². The summed E-state index contributed by atoms with van der Waals surface area (Å²) in [6.07, 6.45) is 3.13. The molecule has 6 heteroatoms. The van der Waals surface area contributed by atoms with E-state index in [1.165, 1.54) is 13.8 Å². The molecule has 0 aromatic heterocycles. The predicted molar refractivity (Wildman–Crippen MR) is 66.1 cm³/mol. The van der Waals surface area contributed by atoms with Gasteiger partial charge in [0.1, 0.15) is 18.8 Å². The summed E-state index contributed by atoms with van der Waals surface area (Å²) in [6.45, 7) is 6.45. The number of esters is 2. The Kier molecular flexibility index (Phi) is 6.24. The van der Waals surface area contributed by atoms with Gasteiger partial charge in [0.05, 0.1) is 6.61 Å². The Labute approximate surface area is 112 Å². The molecular weight excluding hydrogens is 252 g/mol. The minimum Gasteiger partial charge on any atom is -0.463 e. The molecule has 1 rings (SSSR count). The molecule has 1 heterocycles. The summed E-state index contributed by atoms with van der Waals surface area (Å²) in [5, 5.41) is 0. The Hall–Kier alpha value is -1.66. The predicted octanol–water partition coefficient (Wildman–Crippen LogP) is 0.965. The van der Waals surface area contributed by atoms with E-state index in [0.717, 1.165) is 0 Å². The van der Waals surface area contributed by atoms with E-state index in [1.807, 2.05) is 0 Å². The van der Waals surface area contributed by atoms with Crippen LogP contribution in [0, 0.1) is 0 Å². The summed E-state index contributed by atoms with van der Waals surface area (Å²) >= 11 is 0. The average Bonchev–Trinajstić information content (AvgIpc) is 2.35. The van der Waals surface area contributed by atoms with Crippen LogP contribution in [-0.2, 0) is 28.5 Å². The molecule has 1 aliphatic rings. The first kappa shape index (κ1) is 15.4. The van der Waals surface area contributed by atoms with Crippen molar-refractivity contribution >= 4 is 11.9 Å². The molecular formula is C13H18O6. The minimum atomic E-state index is -0.597. The summed E-state index contributed by atoms with van der Waals surface area (Å²) in [6, 6.07) is 0. The highest BCUT2D eigenvalue weighted by Gasteiger charge is 2.30. The van der Waals surface area contributed by atoms with Crippen LogP contribution in [0.2, 0.25) is 0 Å². The van der Waals surface area contributed by atoms with Gasteiger partial charge in [0.2, 0.25) is 0 Å². The van der Waals surface area contributed by atoms with Gasteiger partial charge in [-0.3, -0.25) is 9.59 Å². The molecule has 0 bridgehead atoms. The fourth-order valence-corrected chi connectivity index (χ4v) is 1.52. The van der Waals surface area contributed by atoms with E-state index >= 15 is 0 Å². The number of hydrogen-bond donors (Lipinski definition) is 0. The van der Waals surface area contributed by atoms with E-state index in [-0.39, 0.29) is 6.61 Å². The average molecular weight is 270 g/mol. The molecule has 0 spiro atoms. The first-order valence-corrected chi connectivity index (χ1v) is 5.89. The largest absolute Gasteiger partial charge is 0.463 e. The van der Waals surface area contributed by atoms with Gasteiger partial charge in [-0.05, 0) is 12.2 Å². The maximum Gasteiger partial charge on any atom is 0.303 e. The van der Waals surface area contributed by atoms with Crippen molar-refractivity contribution in [3.63, 3.8) is 0 Å². The number of carbonyl (C=O) groups excluding carboxylic acids is 2. The van der Waals surface area contributed by atoms with Crippen molar-refractivity contribution in [3.05, 3.63) is 24.8 Å². The van der Waals surface area contributed by atoms with Crippen molar-refractivity contribution in [2.75, 3.05) is 13.2 Å². The maximum atomic E-state index is 11.0. The highest BCUT2D eigenvalue weighted by Crippen LogP contribution is 2.17. The van der Waals surface area contributed by atoms with Crippen molar-refractivity contribution in [1.29, 1.82) is 0 Å². The SMILES string of the molecule is C=CCO[C@H]1C=C[C@H](OC(C)=O)C(COC(C)=O)O1. The van der Waals surface area contributed by atoms with Crippen LogP contribution >= 0.6 is 0 Å². The monoisotopic (exact) mass is 270 g/mol. The number of rotatable bonds is 6. The lowest BCUT2D eigenvalue weighted by atomic mass is 10.1. The molecule has 0 fully saturated rings. The number of hydrogen-bond acceptors (Lipinski definition) is 6. The van der Waals surface area contributed by atoms with Gasteiger partial charge >= 0.3 is 11.9 Å². The molecule has 6 nitrogen and oxygen atoms in total. The molecule has 0 saturated carbocycles. The molecule has 0 N–H and O–H groups in total. The molecule has 0 aromatic rings. The second-order valence-electron chi connectivity index (χ2n) is 3.93. The molecule has 3 atom stereocenters. The lowest BCUT2D eigenvalue weighted by Gasteiger charge is -2.31. The van der Waals surface area contributed by atoms with E-state index in [9.17, 15) is 9.59 Å². The molecule has 0 aliphatic carbocycles. The van der Waals surface area contributed by atoms with Gasteiger partial charge in [0.15, 0.2) is 6.29 Å². The van der Waals surface area contributed by atoms with E-state index in [2.05, 4.69) is 6.58 Å². The topological polar surface area (TPSA) is 71.1 Å². The molecule has 1 unspecified atom stereocenters. The first-order valence-electron chi connectivity index (χ1n) is 5.89. The summed E-state index contributed by atoms with van der Waals surface area (Å²) in [4.78, 5) is 21.8. The maximum absolute atomic E-state index is 11.0. The van der Waals surface area contributed by atoms with Crippen LogP contribution in [0.1, 0.15) is 13.8 Å². The second kappa shape index (κ2) is 7.70. The Bertz CT molecular complexity index is 362.